The van der Waals surface area contributed by atoms with Gasteiger partial charge in [-0.05, 0) is 30.5 Å². The average Bonchev–Trinajstić information content (AvgIpc) is 3.45. The summed E-state index contributed by atoms with van der Waals surface area (Å²) in [5.41, 5.74) is 1.36. The molecule has 2 heterocycles. The van der Waals surface area contributed by atoms with Crippen LogP contribution in [0, 0.1) is 0 Å². The summed E-state index contributed by atoms with van der Waals surface area (Å²) in [5, 5.41) is 11.0. The van der Waals surface area contributed by atoms with E-state index >= 15 is 0 Å². The van der Waals surface area contributed by atoms with E-state index in [0.29, 0.717) is 31.7 Å². The quantitative estimate of drug-likeness (QED) is 0.303. The molecule has 0 bridgehead atoms. The molecule has 0 radical (unpaired) electrons. The number of hydrogen-bond donors (Lipinski definition) is 1. The van der Waals surface area contributed by atoms with Gasteiger partial charge in [0.05, 0.1) is 24.5 Å². The van der Waals surface area contributed by atoms with Gasteiger partial charge in [0.25, 0.3) is 11.7 Å². The summed E-state index contributed by atoms with van der Waals surface area (Å²) in [6.07, 6.45) is 6.82. The highest BCUT2D eigenvalue weighted by molar-refractivity contribution is 6.46. The van der Waals surface area contributed by atoms with Crippen molar-refractivity contribution in [3.8, 4) is 5.75 Å². The average molecular weight is 446 g/mol. The number of carbonyl (C=O) groups excluding carboxylic acids is 2. The van der Waals surface area contributed by atoms with E-state index in [1.165, 1.54) is 0 Å². The Balaban J connectivity index is 1.68. The molecule has 0 aliphatic carbocycles. The number of ketones is 1. The first-order valence-electron chi connectivity index (χ1n) is 11.1. The molecule has 1 aromatic heterocycles. The number of rotatable bonds is 9. The van der Waals surface area contributed by atoms with Crippen molar-refractivity contribution in [2.75, 3.05) is 13.2 Å². The minimum Gasteiger partial charge on any atom is -0.507 e. The molecule has 1 aliphatic heterocycles. The second-order valence-electron chi connectivity index (χ2n) is 7.93. The highest BCUT2D eigenvalue weighted by atomic mass is 16.5. The van der Waals surface area contributed by atoms with E-state index in [1.54, 1.807) is 41.7 Å². The number of carbonyl (C=O) groups is 2. The van der Waals surface area contributed by atoms with Crippen molar-refractivity contribution in [3.63, 3.8) is 0 Å². The normalized spacial score (nSPS) is 17.5. The fourth-order valence-corrected chi connectivity index (χ4v) is 4.02. The molecule has 4 rings (SSSR count). The number of Topliss-reactive ketones (excluding diaryl/α,β-unsaturated/α-hetero) is 1. The number of aromatic nitrogens is 2. The number of ether oxygens (including phenoxy) is 1. The lowest BCUT2D eigenvalue weighted by atomic mass is 9.95. The summed E-state index contributed by atoms with van der Waals surface area (Å²) in [6, 6.07) is 15.5. The smallest absolute Gasteiger partial charge is 0.295 e. The number of likely N-dealkylation sites (tertiary alicyclic amines) is 1. The lowest BCUT2D eigenvalue weighted by molar-refractivity contribution is -0.139. The zero-order valence-electron chi connectivity index (χ0n) is 18.6. The Morgan fingerprint density at radius 2 is 1.82 bits per heavy atom. The molecule has 170 valence electrons. The molecule has 1 amide bonds. The predicted octanol–water partition coefficient (Wildman–Crippen LogP) is 4.18. The van der Waals surface area contributed by atoms with Gasteiger partial charge in [0, 0.05) is 31.0 Å². The third-order valence-corrected chi connectivity index (χ3v) is 5.63. The Morgan fingerprint density at radius 1 is 1.06 bits per heavy atom. The van der Waals surface area contributed by atoms with Crippen LogP contribution in [0.1, 0.15) is 36.9 Å². The number of aryl methyl sites for hydroxylation is 1. The van der Waals surface area contributed by atoms with Gasteiger partial charge in [-0.3, -0.25) is 9.59 Å². The van der Waals surface area contributed by atoms with Crippen molar-refractivity contribution < 1.29 is 19.4 Å². The molecular weight excluding hydrogens is 418 g/mol. The van der Waals surface area contributed by atoms with Crippen molar-refractivity contribution in [2.24, 2.45) is 0 Å². The predicted molar refractivity (Wildman–Crippen MR) is 125 cm³/mol. The van der Waals surface area contributed by atoms with Crippen LogP contribution in [0.5, 0.6) is 5.75 Å². The largest absolute Gasteiger partial charge is 0.507 e. The maximum atomic E-state index is 13.1. The highest BCUT2D eigenvalue weighted by Gasteiger charge is 2.45. The number of benzene rings is 2. The van der Waals surface area contributed by atoms with Crippen molar-refractivity contribution in [1.29, 1.82) is 0 Å². The third kappa shape index (κ3) is 4.82. The van der Waals surface area contributed by atoms with E-state index in [1.807, 2.05) is 48.0 Å². The van der Waals surface area contributed by atoms with Crippen molar-refractivity contribution >= 4 is 17.4 Å². The van der Waals surface area contributed by atoms with Crippen LogP contribution in [0.4, 0.5) is 0 Å². The second kappa shape index (κ2) is 10.2. The lowest BCUT2D eigenvalue weighted by Gasteiger charge is -2.25. The van der Waals surface area contributed by atoms with E-state index in [-0.39, 0.29) is 11.3 Å². The molecule has 1 atom stereocenters. The number of imidazole rings is 1. The zero-order chi connectivity index (χ0) is 23.2. The van der Waals surface area contributed by atoms with Crippen LogP contribution in [-0.4, -0.2) is 44.4 Å². The first kappa shape index (κ1) is 22.3. The molecule has 0 unspecified atom stereocenters. The third-order valence-electron chi connectivity index (χ3n) is 5.63. The number of amides is 1. The number of hydrogen-bond acceptors (Lipinski definition) is 5. The van der Waals surface area contributed by atoms with Gasteiger partial charge >= 0.3 is 0 Å². The first-order valence-corrected chi connectivity index (χ1v) is 11.1. The Kier molecular flexibility index (Phi) is 6.88. The summed E-state index contributed by atoms with van der Waals surface area (Å²) in [6.45, 7) is 3.68. The molecule has 0 spiro atoms. The van der Waals surface area contributed by atoms with Crippen LogP contribution in [0.3, 0.4) is 0 Å². The van der Waals surface area contributed by atoms with Gasteiger partial charge in [0.2, 0.25) is 0 Å². The molecule has 0 saturated carbocycles. The molecule has 1 N–H and O–H groups in total. The van der Waals surface area contributed by atoms with Crippen molar-refractivity contribution in [3.05, 3.63) is 90.0 Å². The van der Waals surface area contributed by atoms with E-state index in [0.717, 1.165) is 17.7 Å². The molecule has 33 heavy (non-hydrogen) atoms. The summed E-state index contributed by atoms with van der Waals surface area (Å²) < 4.78 is 7.60. The standard InChI is InChI=1S/C26H27N3O4/c1-2-17-33-21-11-9-19(10-12-21)23-22(24(30)20-7-4-3-5-8-20)25(31)26(32)29(23)15-6-14-28-16-13-27-18-28/h3-5,7-13,16,18,23,30H,2,6,14-15,17H2,1H3/b24-22+/t23-/m0/s1. The van der Waals surface area contributed by atoms with Gasteiger partial charge in [0.1, 0.15) is 11.5 Å². The lowest BCUT2D eigenvalue weighted by Crippen LogP contribution is -2.31. The fraction of sp³-hybridized carbons (Fsp3) is 0.269. The van der Waals surface area contributed by atoms with Crippen LogP contribution in [-0.2, 0) is 16.1 Å². The molecule has 1 saturated heterocycles. The van der Waals surface area contributed by atoms with Crippen LogP contribution in [0.25, 0.3) is 5.76 Å². The number of aliphatic hydroxyl groups excluding tert-OH is 1. The minimum absolute atomic E-state index is 0.107. The molecule has 1 aliphatic rings. The van der Waals surface area contributed by atoms with Crippen LogP contribution >= 0.6 is 0 Å². The summed E-state index contributed by atoms with van der Waals surface area (Å²) in [5.74, 6) is -0.715. The van der Waals surface area contributed by atoms with Gasteiger partial charge in [0.15, 0.2) is 0 Å². The summed E-state index contributed by atoms with van der Waals surface area (Å²) in [7, 11) is 0. The molecule has 2 aromatic carbocycles. The second-order valence-corrected chi connectivity index (χ2v) is 7.93. The maximum Gasteiger partial charge on any atom is 0.295 e. The molecule has 3 aromatic rings. The van der Waals surface area contributed by atoms with Crippen LogP contribution < -0.4 is 4.74 Å². The Hall–Kier alpha value is -3.87. The molecule has 7 nitrogen and oxygen atoms in total. The van der Waals surface area contributed by atoms with Gasteiger partial charge in [-0.25, -0.2) is 4.98 Å². The number of nitrogens with zero attached hydrogens (tertiary/aromatic N) is 3. The molecule has 7 heteroatoms. The number of aliphatic hydroxyl groups is 1. The van der Waals surface area contributed by atoms with E-state index < -0.39 is 17.7 Å². The van der Waals surface area contributed by atoms with Gasteiger partial charge < -0.3 is 19.3 Å². The Morgan fingerprint density at radius 3 is 2.48 bits per heavy atom. The van der Waals surface area contributed by atoms with Crippen LogP contribution in [0.2, 0.25) is 0 Å². The SMILES string of the molecule is CCCOc1ccc([C@H]2/C(=C(\O)c3ccccc3)C(=O)C(=O)N2CCCn2ccnc2)cc1. The monoisotopic (exact) mass is 445 g/mol. The minimum atomic E-state index is -0.673. The molecule has 1 fully saturated rings. The van der Waals surface area contributed by atoms with Crippen molar-refractivity contribution in [2.45, 2.75) is 32.4 Å². The topological polar surface area (TPSA) is 84.7 Å². The first-order chi connectivity index (χ1) is 16.1. The molecular formula is C26H27N3O4. The van der Waals surface area contributed by atoms with Gasteiger partial charge in [-0.1, -0.05) is 49.4 Å². The van der Waals surface area contributed by atoms with Gasteiger partial charge in [-0.2, -0.15) is 0 Å². The maximum absolute atomic E-state index is 13.1. The Bertz CT molecular complexity index is 1120. The Labute approximate surface area is 192 Å². The van der Waals surface area contributed by atoms with E-state index in [2.05, 4.69) is 4.98 Å². The van der Waals surface area contributed by atoms with E-state index in [9.17, 15) is 14.7 Å². The fourth-order valence-electron chi connectivity index (χ4n) is 4.02. The summed E-state index contributed by atoms with van der Waals surface area (Å²) in [4.78, 5) is 31.7. The highest BCUT2D eigenvalue weighted by Crippen LogP contribution is 2.39. The van der Waals surface area contributed by atoms with Crippen LogP contribution in [0.15, 0.2) is 78.9 Å². The summed E-state index contributed by atoms with van der Waals surface area (Å²) >= 11 is 0. The van der Waals surface area contributed by atoms with Gasteiger partial charge in [-0.15, -0.1) is 0 Å². The van der Waals surface area contributed by atoms with E-state index in [4.69, 9.17) is 4.74 Å². The zero-order valence-corrected chi connectivity index (χ0v) is 18.6. The van der Waals surface area contributed by atoms with Crippen molar-refractivity contribution in [1.82, 2.24) is 14.5 Å².